The number of benzene rings is 1. The van der Waals surface area contributed by atoms with Gasteiger partial charge in [-0.15, -0.1) is 0 Å². The standard InChI is InChI=1S/C14H16N2OS/c1-14(2,3)12-8-16-10-6-5-9(17-4)7-11(10)18-13(16)15-12/h5-8H,1-4H3. The lowest BCUT2D eigenvalue weighted by Crippen LogP contribution is -2.11. The molecule has 2 aromatic heterocycles. The largest absolute Gasteiger partial charge is 0.497 e. The Balaban J connectivity index is 2.25. The second-order valence-corrected chi connectivity index (χ2v) is 6.47. The molecule has 0 radical (unpaired) electrons. The van der Waals surface area contributed by atoms with Gasteiger partial charge in [0.2, 0.25) is 0 Å². The highest BCUT2D eigenvalue weighted by atomic mass is 32.1. The number of hydrogen-bond acceptors (Lipinski definition) is 3. The van der Waals surface area contributed by atoms with Crippen molar-refractivity contribution < 1.29 is 4.74 Å². The lowest BCUT2D eigenvalue weighted by atomic mass is 9.93. The SMILES string of the molecule is COc1ccc2c(c1)sc1nc(C(C)(C)C)cn12. The van der Waals surface area contributed by atoms with E-state index in [1.54, 1.807) is 18.4 Å². The fourth-order valence-electron chi connectivity index (χ4n) is 1.97. The molecule has 3 aromatic rings. The Morgan fingerprint density at radius 2 is 2.06 bits per heavy atom. The Labute approximate surface area is 110 Å². The van der Waals surface area contributed by atoms with Gasteiger partial charge in [0.05, 0.1) is 23.0 Å². The van der Waals surface area contributed by atoms with Gasteiger partial charge in [-0.05, 0) is 18.2 Å². The third-order valence-corrected chi connectivity index (χ3v) is 4.09. The summed E-state index contributed by atoms with van der Waals surface area (Å²) in [5.74, 6) is 0.892. The molecule has 2 heterocycles. The number of rotatable bonds is 1. The van der Waals surface area contributed by atoms with Crippen molar-refractivity contribution in [3.8, 4) is 5.75 Å². The minimum Gasteiger partial charge on any atom is -0.497 e. The third kappa shape index (κ3) is 1.68. The van der Waals surface area contributed by atoms with Crippen LogP contribution >= 0.6 is 11.3 Å². The Hall–Kier alpha value is -1.55. The number of nitrogens with zero attached hydrogens (tertiary/aromatic N) is 2. The molecule has 0 aliphatic carbocycles. The van der Waals surface area contributed by atoms with E-state index < -0.39 is 0 Å². The number of hydrogen-bond donors (Lipinski definition) is 0. The lowest BCUT2D eigenvalue weighted by Gasteiger charge is -2.13. The number of fused-ring (bicyclic) bond motifs is 3. The molecule has 0 N–H and O–H groups in total. The first-order valence-electron chi connectivity index (χ1n) is 5.95. The summed E-state index contributed by atoms with van der Waals surface area (Å²) >= 11 is 1.70. The van der Waals surface area contributed by atoms with E-state index >= 15 is 0 Å². The molecule has 0 unspecified atom stereocenters. The summed E-state index contributed by atoms with van der Waals surface area (Å²) in [6.07, 6.45) is 2.14. The minimum atomic E-state index is 0.0878. The Bertz CT molecular complexity index is 718. The fraction of sp³-hybridized carbons (Fsp3) is 0.357. The van der Waals surface area contributed by atoms with Crippen LogP contribution in [0.1, 0.15) is 26.5 Å². The van der Waals surface area contributed by atoms with Crippen LogP contribution in [0.15, 0.2) is 24.4 Å². The van der Waals surface area contributed by atoms with Crippen molar-refractivity contribution in [2.75, 3.05) is 7.11 Å². The third-order valence-electron chi connectivity index (χ3n) is 3.07. The van der Waals surface area contributed by atoms with Crippen molar-refractivity contribution in [3.05, 3.63) is 30.1 Å². The van der Waals surface area contributed by atoms with Crippen molar-refractivity contribution in [2.24, 2.45) is 0 Å². The van der Waals surface area contributed by atoms with Crippen molar-refractivity contribution in [3.63, 3.8) is 0 Å². The number of methoxy groups -OCH3 is 1. The van der Waals surface area contributed by atoms with Gasteiger partial charge < -0.3 is 4.74 Å². The van der Waals surface area contributed by atoms with E-state index in [1.807, 2.05) is 6.07 Å². The highest BCUT2D eigenvalue weighted by Gasteiger charge is 2.19. The van der Waals surface area contributed by atoms with Gasteiger partial charge in [-0.25, -0.2) is 4.98 Å². The van der Waals surface area contributed by atoms with E-state index in [-0.39, 0.29) is 5.41 Å². The number of ether oxygens (including phenoxy) is 1. The normalized spacial score (nSPS) is 12.4. The monoisotopic (exact) mass is 260 g/mol. The van der Waals surface area contributed by atoms with Crippen molar-refractivity contribution in [1.29, 1.82) is 0 Å². The molecule has 1 aromatic carbocycles. The molecule has 0 atom stereocenters. The van der Waals surface area contributed by atoms with Crippen LogP contribution < -0.4 is 4.74 Å². The van der Waals surface area contributed by atoms with E-state index in [2.05, 4.69) is 43.5 Å². The van der Waals surface area contributed by atoms with Gasteiger partial charge in [-0.3, -0.25) is 4.40 Å². The molecule has 0 saturated carbocycles. The molecule has 0 saturated heterocycles. The average molecular weight is 260 g/mol. The van der Waals surface area contributed by atoms with E-state index in [9.17, 15) is 0 Å². The zero-order chi connectivity index (χ0) is 12.9. The molecule has 18 heavy (non-hydrogen) atoms. The van der Waals surface area contributed by atoms with Crippen molar-refractivity contribution in [2.45, 2.75) is 26.2 Å². The molecule has 0 fully saturated rings. The molecule has 0 bridgehead atoms. The first-order chi connectivity index (χ1) is 8.49. The van der Waals surface area contributed by atoms with E-state index in [0.29, 0.717) is 0 Å². The number of imidazole rings is 1. The maximum atomic E-state index is 5.25. The molecule has 3 rings (SSSR count). The maximum absolute atomic E-state index is 5.25. The van der Waals surface area contributed by atoms with Crippen LogP contribution in [0.2, 0.25) is 0 Å². The van der Waals surface area contributed by atoms with Gasteiger partial charge in [0.15, 0.2) is 4.96 Å². The predicted molar refractivity (Wildman–Crippen MR) is 75.8 cm³/mol. The molecule has 0 aliphatic heterocycles. The van der Waals surface area contributed by atoms with Gasteiger partial charge in [0.25, 0.3) is 0 Å². The average Bonchev–Trinajstić information content (AvgIpc) is 2.84. The van der Waals surface area contributed by atoms with Crippen LogP contribution in [0.25, 0.3) is 15.2 Å². The van der Waals surface area contributed by atoms with Crippen molar-refractivity contribution >= 4 is 26.5 Å². The summed E-state index contributed by atoms with van der Waals surface area (Å²) in [6.45, 7) is 6.56. The van der Waals surface area contributed by atoms with Gasteiger partial charge >= 0.3 is 0 Å². The maximum Gasteiger partial charge on any atom is 0.194 e. The lowest BCUT2D eigenvalue weighted by molar-refractivity contribution is 0.415. The van der Waals surface area contributed by atoms with Crippen LogP contribution in [-0.2, 0) is 5.41 Å². The smallest absolute Gasteiger partial charge is 0.194 e. The van der Waals surface area contributed by atoms with E-state index in [1.165, 1.54) is 10.2 Å². The summed E-state index contributed by atoms with van der Waals surface area (Å²) in [4.78, 5) is 5.76. The van der Waals surface area contributed by atoms with Gasteiger partial charge in [-0.1, -0.05) is 32.1 Å². The summed E-state index contributed by atoms with van der Waals surface area (Å²) in [7, 11) is 1.69. The van der Waals surface area contributed by atoms with Crippen LogP contribution in [0, 0.1) is 0 Å². The van der Waals surface area contributed by atoms with E-state index in [0.717, 1.165) is 16.4 Å². The second-order valence-electron chi connectivity index (χ2n) is 5.46. The molecule has 0 aliphatic rings. The summed E-state index contributed by atoms with van der Waals surface area (Å²) in [5.41, 5.74) is 2.41. The molecular weight excluding hydrogens is 244 g/mol. The minimum absolute atomic E-state index is 0.0878. The molecule has 94 valence electrons. The van der Waals surface area contributed by atoms with Crippen LogP contribution in [-0.4, -0.2) is 16.5 Å². The fourth-order valence-corrected chi connectivity index (χ4v) is 3.01. The number of thiazole rings is 1. The molecule has 0 amide bonds. The quantitative estimate of drug-likeness (QED) is 0.664. The van der Waals surface area contributed by atoms with Gasteiger partial charge in [0.1, 0.15) is 5.75 Å². The summed E-state index contributed by atoms with van der Waals surface area (Å²) < 4.78 is 8.62. The summed E-state index contributed by atoms with van der Waals surface area (Å²) in [5, 5.41) is 0. The first-order valence-corrected chi connectivity index (χ1v) is 6.77. The van der Waals surface area contributed by atoms with Crippen LogP contribution in [0.3, 0.4) is 0 Å². The topological polar surface area (TPSA) is 26.5 Å². The van der Waals surface area contributed by atoms with E-state index in [4.69, 9.17) is 9.72 Å². The number of aromatic nitrogens is 2. The molecule has 4 heteroatoms. The highest BCUT2D eigenvalue weighted by Crippen LogP contribution is 2.31. The molecular formula is C14H16N2OS. The van der Waals surface area contributed by atoms with Gasteiger partial charge in [0, 0.05) is 11.6 Å². The summed E-state index contributed by atoms with van der Waals surface area (Å²) in [6, 6.07) is 6.14. The van der Waals surface area contributed by atoms with Gasteiger partial charge in [-0.2, -0.15) is 0 Å². The van der Waals surface area contributed by atoms with Crippen molar-refractivity contribution in [1.82, 2.24) is 9.38 Å². The first kappa shape index (κ1) is 11.5. The molecule has 3 nitrogen and oxygen atoms in total. The van der Waals surface area contributed by atoms with Crippen LogP contribution in [0.5, 0.6) is 5.75 Å². The predicted octanol–water partition coefficient (Wildman–Crippen LogP) is 3.86. The molecule has 0 spiro atoms. The Morgan fingerprint density at radius 3 is 2.72 bits per heavy atom. The second kappa shape index (κ2) is 3.72. The highest BCUT2D eigenvalue weighted by molar-refractivity contribution is 7.23. The zero-order valence-electron chi connectivity index (χ0n) is 11.0. The Kier molecular flexibility index (Phi) is 2.38. The zero-order valence-corrected chi connectivity index (χ0v) is 11.8. The Morgan fingerprint density at radius 1 is 1.28 bits per heavy atom. The van der Waals surface area contributed by atoms with Crippen LogP contribution in [0.4, 0.5) is 0 Å².